The Morgan fingerprint density at radius 1 is 1.11 bits per heavy atom. The van der Waals surface area contributed by atoms with Crippen molar-refractivity contribution in [3.8, 4) is 0 Å². The van der Waals surface area contributed by atoms with E-state index in [1.807, 2.05) is 13.0 Å². The van der Waals surface area contributed by atoms with Gasteiger partial charge < -0.3 is 30.3 Å². The van der Waals surface area contributed by atoms with Gasteiger partial charge in [0.25, 0.3) is 5.91 Å². The minimum atomic E-state index is -0.876. The summed E-state index contributed by atoms with van der Waals surface area (Å²) in [5, 5.41) is 16.6. The van der Waals surface area contributed by atoms with Crippen LogP contribution in [0.15, 0.2) is 54.6 Å². The molecule has 3 aliphatic rings. The van der Waals surface area contributed by atoms with Crippen LogP contribution in [0, 0.1) is 11.7 Å². The molecule has 3 aromatic rings. The van der Waals surface area contributed by atoms with Crippen molar-refractivity contribution in [1.82, 2.24) is 20.5 Å². The van der Waals surface area contributed by atoms with E-state index in [0.717, 1.165) is 29.9 Å². The van der Waals surface area contributed by atoms with Crippen molar-refractivity contribution in [2.45, 2.75) is 44.4 Å². The molecule has 1 aromatic heterocycles. The van der Waals surface area contributed by atoms with Crippen LogP contribution >= 0.6 is 0 Å². The molecule has 1 saturated carbocycles. The Morgan fingerprint density at radius 2 is 1.91 bits per heavy atom. The topological polar surface area (TPSA) is 124 Å². The predicted octanol–water partition coefficient (Wildman–Crippen LogP) is 3.20. The Morgan fingerprint density at radius 3 is 2.69 bits per heavy atom. The van der Waals surface area contributed by atoms with E-state index in [9.17, 15) is 23.9 Å². The summed E-state index contributed by atoms with van der Waals surface area (Å²) in [5.41, 5.74) is 3.64. The zero-order chi connectivity index (χ0) is 31.5. The van der Waals surface area contributed by atoms with E-state index in [1.54, 1.807) is 6.07 Å². The number of ether oxygens (including phenoxy) is 1. The molecule has 11 heteroatoms. The number of halogens is 1. The maximum absolute atomic E-state index is 13.5. The fourth-order valence-electron chi connectivity index (χ4n) is 5.94. The molecule has 6 rings (SSSR count). The maximum Gasteiger partial charge on any atom is 0.270 e. The minimum absolute atomic E-state index is 0.00934. The van der Waals surface area contributed by atoms with E-state index in [2.05, 4.69) is 44.8 Å². The molecule has 0 unspecified atom stereocenters. The lowest BCUT2D eigenvalue weighted by Crippen LogP contribution is -2.49. The average Bonchev–Trinajstić information content (AvgIpc) is 3.80. The zero-order valence-corrected chi connectivity index (χ0v) is 25.2. The average molecular weight is 616 g/mol. The van der Waals surface area contributed by atoms with Crippen molar-refractivity contribution in [1.29, 1.82) is 0 Å². The number of rotatable bonds is 9. The number of β-amino-alcohol motifs (C(OH)–C–C–N with tert-alkyl or cyclic N) is 1. The van der Waals surface area contributed by atoms with Crippen LogP contribution in [0.5, 0.6) is 0 Å². The Hall–Kier alpha value is -4.35. The standard InChI is InChI=1S/C34H38FN5O5/c1-21(28-9-8-26(39-12-14-45-15-13-39)17-23(28)5-4-22-2-3-22)37-34(44)31-18-27(41)20-40(31)32(42)19-36-33(43)30-10-6-24-16-25(35)7-11-29(24)38-30/h4-11,16-17,21-22,27,31,41H,2-3,12-15,18-20H2,1H3,(H,36,43)(H,37,44)/b5-4+/t21-,27+,31-/m0/s1. The number of hydrogen-bond donors (Lipinski definition) is 3. The van der Waals surface area contributed by atoms with Gasteiger partial charge in [0.1, 0.15) is 17.6 Å². The Bertz CT molecular complexity index is 1620. The Labute approximate surface area is 261 Å². The van der Waals surface area contributed by atoms with Crippen LogP contribution in [0.4, 0.5) is 10.1 Å². The highest BCUT2D eigenvalue weighted by molar-refractivity contribution is 5.97. The Kier molecular flexibility index (Phi) is 9.09. The zero-order valence-electron chi connectivity index (χ0n) is 25.2. The van der Waals surface area contributed by atoms with Crippen molar-refractivity contribution >= 4 is 40.4 Å². The molecule has 2 saturated heterocycles. The number of allylic oxidation sites excluding steroid dienone is 1. The maximum atomic E-state index is 13.5. The van der Waals surface area contributed by atoms with Gasteiger partial charge in [0.15, 0.2) is 0 Å². The second kappa shape index (κ2) is 13.3. The molecular weight excluding hydrogens is 577 g/mol. The first kappa shape index (κ1) is 30.7. The summed E-state index contributed by atoms with van der Waals surface area (Å²) >= 11 is 0. The molecule has 3 heterocycles. The lowest BCUT2D eigenvalue weighted by molar-refractivity contribution is -0.138. The summed E-state index contributed by atoms with van der Waals surface area (Å²) in [4.78, 5) is 47.3. The van der Waals surface area contributed by atoms with E-state index < -0.39 is 29.8 Å². The third kappa shape index (κ3) is 7.32. The van der Waals surface area contributed by atoms with Crippen LogP contribution in [-0.4, -0.2) is 84.3 Å². The van der Waals surface area contributed by atoms with Gasteiger partial charge in [-0.05, 0) is 73.2 Å². The normalized spacial score (nSPS) is 20.9. The molecule has 2 aliphatic heterocycles. The van der Waals surface area contributed by atoms with Crippen LogP contribution in [-0.2, 0) is 14.3 Å². The molecule has 45 heavy (non-hydrogen) atoms. The van der Waals surface area contributed by atoms with Crippen molar-refractivity contribution in [2.24, 2.45) is 5.92 Å². The second-order valence-corrected chi connectivity index (χ2v) is 12.0. The number of benzene rings is 2. The molecule has 3 atom stereocenters. The van der Waals surface area contributed by atoms with Crippen LogP contribution in [0.25, 0.3) is 17.0 Å². The second-order valence-electron chi connectivity index (χ2n) is 12.0. The highest BCUT2D eigenvalue weighted by Gasteiger charge is 2.39. The van der Waals surface area contributed by atoms with Crippen molar-refractivity contribution < 1.29 is 28.6 Å². The molecule has 3 N–H and O–H groups in total. The highest BCUT2D eigenvalue weighted by atomic mass is 19.1. The SMILES string of the molecule is C[C@H](NC(=O)[C@@H]1C[C@@H](O)CN1C(=O)CNC(=O)c1ccc2cc(F)ccc2n1)c1ccc(N2CCOCC2)cc1/C=C/C1CC1. The van der Waals surface area contributed by atoms with Gasteiger partial charge in [0.2, 0.25) is 11.8 Å². The van der Waals surface area contributed by atoms with Gasteiger partial charge in [-0.15, -0.1) is 0 Å². The number of morpholine rings is 1. The van der Waals surface area contributed by atoms with Gasteiger partial charge in [-0.1, -0.05) is 24.3 Å². The molecule has 1 aliphatic carbocycles. The number of likely N-dealkylation sites (tertiary alicyclic amines) is 1. The lowest BCUT2D eigenvalue weighted by Gasteiger charge is -2.30. The smallest absolute Gasteiger partial charge is 0.270 e. The van der Waals surface area contributed by atoms with E-state index in [0.29, 0.717) is 30.0 Å². The highest BCUT2D eigenvalue weighted by Crippen LogP contribution is 2.33. The first-order chi connectivity index (χ1) is 21.7. The predicted molar refractivity (Wildman–Crippen MR) is 168 cm³/mol. The van der Waals surface area contributed by atoms with Crippen LogP contribution in [0.1, 0.15) is 53.8 Å². The fraction of sp³-hybridized carbons (Fsp3) is 0.412. The summed E-state index contributed by atoms with van der Waals surface area (Å²) in [6.07, 6.45) is 5.99. The lowest BCUT2D eigenvalue weighted by atomic mass is 9.98. The number of aliphatic hydroxyl groups excluding tert-OH is 1. The molecule has 3 fully saturated rings. The summed E-state index contributed by atoms with van der Waals surface area (Å²) in [6, 6.07) is 12.2. The number of amides is 3. The number of carbonyl (C=O) groups is 3. The monoisotopic (exact) mass is 615 g/mol. The molecule has 3 amide bonds. The number of aliphatic hydroxyl groups is 1. The summed E-state index contributed by atoms with van der Waals surface area (Å²) in [5.74, 6) is -1.23. The number of aromatic nitrogens is 1. The molecule has 0 radical (unpaired) electrons. The number of anilines is 1. The largest absolute Gasteiger partial charge is 0.391 e. The third-order valence-electron chi connectivity index (χ3n) is 8.63. The Balaban J connectivity index is 1.10. The number of fused-ring (bicyclic) bond motifs is 1. The van der Waals surface area contributed by atoms with Crippen molar-refractivity contribution in [3.05, 3.63) is 77.2 Å². The number of carbonyl (C=O) groups excluding carboxylic acids is 3. The summed E-state index contributed by atoms with van der Waals surface area (Å²) in [7, 11) is 0. The van der Waals surface area contributed by atoms with Crippen LogP contribution in [0.3, 0.4) is 0 Å². The third-order valence-corrected chi connectivity index (χ3v) is 8.63. The van der Waals surface area contributed by atoms with Crippen LogP contribution < -0.4 is 15.5 Å². The first-order valence-corrected chi connectivity index (χ1v) is 15.5. The van der Waals surface area contributed by atoms with Gasteiger partial charge in [-0.3, -0.25) is 14.4 Å². The molecule has 0 spiro atoms. The molecular formula is C34H38FN5O5. The van der Waals surface area contributed by atoms with E-state index in [4.69, 9.17) is 4.74 Å². The van der Waals surface area contributed by atoms with E-state index in [-0.39, 0.29) is 37.2 Å². The van der Waals surface area contributed by atoms with Gasteiger partial charge >= 0.3 is 0 Å². The van der Waals surface area contributed by atoms with Gasteiger partial charge in [-0.25, -0.2) is 9.37 Å². The quantitative estimate of drug-likeness (QED) is 0.338. The molecule has 0 bridgehead atoms. The van der Waals surface area contributed by atoms with Gasteiger partial charge in [0.05, 0.1) is 37.4 Å². The van der Waals surface area contributed by atoms with Crippen molar-refractivity contribution in [3.63, 3.8) is 0 Å². The first-order valence-electron chi connectivity index (χ1n) is 15.5. The van der Waals surface area contributed by atoms with E-state index >= 15 is 0 Å². The number of nitrogens with zero attached hydrogens (tertiary/aromatic N) is 3. The van der Waals surface area contributed by atoms with E-state index in [1.165, 1.54) is 42.0 Å². The molecule has 2 aromatic carbocycles. The summed E-state index contributed by atoms with van der Waals surface area (Å²) in [6.45, 7) is 4.57. The fourth-order valence-corrected chi connectivity index (χ4v) is 5.94. The van der Waals surface area contributed by atoms with Gasteiger partial charge in [-0.2, -0.15) is 0 Å². The molecule has 10 nitrogen and oxygen atoms in total. The molecule has 236 valence electrons. The number of hydrogen-bond acceptors (Lipinski definition) is 7. The number of pyridine rings is 1. The minimum Gasteiger partial charge on any atom is -0.391 e. The number of nitrogens with one attached hydrogen (secondary N) is 2. The van der Waals surface area contributed by atoms with Crippen LogP contribution in [0.2, 0.25) is 0 Å². The van der Waals surface area contributed by atoms with Crippen molar-refractivity contribution in [2.75, 3.05) is 44.3 Å². The summed E-state index contributed by atoms with van der Waals surface area (Å²) < 4.78 is 19.0. The van der Waals surface area contributed by atoms with Gasteiger partial charge in [0, 0.05) is 37.1 Å².